The molecule has 5 rings (SSSR count). The first kappa shape index (κ1) is 16.3. The van der Waals surface area contributed by atoms with Crippen LogP contribution in [-0.2, 0) is 0 Å². The molecule has 3 heterocycles. The molecule has 0 saturated heterocycles. The molecule has 0 radical (unpaired) electrons. The Morgan fingerprint density at radius 2 is 1.86 bits per heavy atom. The minimum absolute atomic E-state index is 0.123. The van der Waals surface area contributed by atoms with Crippen LogP contribution in [0.25, 0.3) is 16.6 Å². The molecule has 1 aliphatic heterocycles. The van der Waals surface area contributed by atoms with Crippen LogP contribution in [0, 0.1) is 0 Å². The smallest absolute Gasteiger partial charge is 0.267 e. The number of carbonyl (C=O) groups excluding carboxylic acids is 1. The first-order chi connectivity index (χ1) is 13.7. The van der Waals surface area contributed by atoms with Crippen molar-refractivity contribution in [2.45, 2.75) is 0 Å². The summed E-state index contributed by atoms with van der Waals surface area (Å²) < 4.78 is 7.72. The predicted molar refractivity (Wildman–Crippen MR) is 107 cm³/mol. The minimum atomic E-state index is -0.257. The topological polar surface area (TPSA) is 86.3 Å². The second-order valence-corrected chi connectivity index (χ2v) is 6.51. The van der Waals surface area contributed by atoms with Crippen molar-refractivity contribution in [2.75, 3.05) is 23.8 Å². The van der Waals surface area contributed by atoms with E-state index < -0.39 is 0 Å². The fraction of sp³-hybridized carbons (Fsp3) is 0.0952. The Kier molecular flexibility index (Phi) is 3.72. The number of anilines is 2. The van der Waals surface area contributed by atoms with Gasteiger partial charge in [0.1, 0.15) is 24.3 Å². The number of rotatable bonds is 2. The first-order valence-corrected chi connectivity index (χ1v) is 8.94. The van der Waals surface area contributed by atoms with Crippen molar-refractivity contribution in [3.63, 3.8) is 0 Å². The average Bonchev–Trinajstić information content (AvgIpc) is 3.06. The highest BCUT2D eigenvalue weighted by Crippen LogP contribution is 2.30. The second kappa shape index (κ2) is 6.38. The van der Waals surface area contributed by atoms with Crippen LogP contribution < -0.4 is 15.4 Å². The Morgan fingerprint density at radius 3 is 2.71 bits per heavy atom. The molecule has 1 aliphatic rings. The van der Waals surface area contributed by atoms with E-state index in [4.69, 9.17) is 10.5 Å². The summed E-state index contributed by atoms with van der Waals surface area (Å²) in [6, 6.07) is 18.1. The number of hydrogen-bond donors (Lipinski definition) is 1. The highest BCUT2D eigenvalue weighted by molar-refractivity contribution is 6.11. The van der Waals surface area contributed by atoms with Crippen molar-refractivity contribution in [3.8, 4) is 11.6 Å². The lowest BCUT2D eigenvalue weighted by Gasteiger charge is -2.20. The Hall–Kier alpha value is -3.87. The zero-order valence-corrected chi connectivity index (χ0v) is 14.9. The van der Waals surface area contributed by atoms with Crippen molar-refractivity contribution >= 4 is 28.3 Å². The van der Waals surface area contributed by atoms with Gasteiger partial charge in [-0.2, -0.15) is 0 Å². The van der Waals surface area contributed by atoms with E-state index in [0.29, 0.717) is 13.2 Å². The number of hydrogen-bond acceptors (Lipinski definition) is 5. The van der Waals surface area contributed by atoms with Gasteiger partial charge in [0.2, 0.25) is 5.88 Å². The standard InChI is InChI=1S/C21H17N5O2/c22-19-18-20(24-13-23-19)28-11-10-26(21(18)27)16-6-7-17-14(12-16)8-9-25(17)15-4-2-1-3-5-15/h1-9,12-13H,10-11H2,(H2,22,23,24). The van der Waals surface area contributed by atoms with Crippen LogP contribution in [0.3, 0.4) is 0 Å². The van der Waals surface area contributed by atoms with Gasteiger partial charge in [-0.05, 0) is 36.4 Å². The number of carbonyl (C=O) groups is 1. The summed E-state index contributed by atoms with van der Waals surface area (Å²) in [6.07, 6.45) is 3.33. The van der Waals surface area contributed by atoms with Gasteiger partial charge < -0.3 is 19.9 Å². The number of nitrogen functional groups attached to an aromatic ring is 1. The summed E-state index contributed by atoms with van der Waals surface area (Å²) in [7, 11) is 0. The Morgan fingerprint density at radius 1 is 1.00 bits per heavy atom. The third kappa shape index (κ3) is 2.56. The monoisotopic (exact) mass is 371 g/mol. The van der Waals surface area contributed by atoms with Gasteiger partial charge in [0.15, 0.2) is 0 Å². The van der Waals surface area contributed by atoms with Gasteiger partial charge in [-0.25, -0.2) is 9.97 Å². The lowest BCUT2D eigenvalue weighted by Crippen LogP contribution is -2.32. The third-order valence-electron chi connectivity index (χ3n) is 4.87. The van der Waals surface area contributed by atoms with E-state index in [-0.39, 0.29) is 23.2 Å². The fourth-order valence-electron chi connectivity index (χ4n) is 3.52. The third-order valence-corrected chi connectivity index (χ3v) is 4.87. The molecular weight excluding hydrogens is 354 g/mol. The van der Waals surface area contributed by atoms with Gasteiger partial charge in [-0.3, -0.25) is 4.79 Å². The van der Waals surface area contributed by atoms with Crippen LogP contribution in [0.1, 0.15) is 10.4 Å². The van der Waals surface area contributed by atoms with Crippen LogP contribution >= 0.6 is 0 Å². The first-order valence-electron chi connectivity index (χ1n) is 8.94. The molecule has 0 bridgehead atoms. The number of benzene rings is 2. The molecule has 0 aliphatic carbocycles. The number of nitrogens with two attached hydrogens (primary N) is 1. The predicted octanol–water partition coefficient (Wildman–Crippen LogP) is 3.04. The van der Waals surface area contributed by atoms with Crippen LogP contribution in [0.2, 0.25) is 0 Å². The van der Waals surface area contributed by atoms with E-state index in [1.165, 1.54) is 6.33 Å². The molecule has 1 amide bonds. The molecule has 4 aromatic rings. The van der Waals surface area contributed by atoms with E-state index in [0.717, 1.165) is 22.3 Å². The Labute approximate surface area is 161 Å². The highest BCUT2D eigenvalue weighted by Gasteiger charge is 2.28. The Bertz CT molecular complexity index is 1190. The zero-order valence-electron chi connectivity index (χ0n) is 14.9. The maximum Gasteiger partial charge on any atom is 0.267 e. The van der Waals surface area contributed by atoms with E-state index in [9.17, 15) is 4.79 Å². The van der Waals surface area contributed by atoms with Crippen LogP contribution in [0.15, 0.2) is 67.1 Å². The Balaban J connectivity index is 1.56. The molecule has 0 saturated carbocycles. The van der Waals surface area contributed by atoms with Gasteiger partial charge in [-0.15, -0.1) is 0 Å². The molecule has 7 heteroatoms. The number of amides is 1. The summed E-state index contributed by atoms with van der Waals surface area (Å²) in [6.45, 7) is 0.734. The van der Waals surface area contributed by atoms with E-state index >= 15 is 0 Å². The van der Waals surface area contributed by atoms with Gasteiger partial charge in [0, 0.05) is 23.0 Å². The largest absolute Gasteiger partial charge is 0.475 e. The lowest BCUT2D eigenvalue weighted by atomic mass is 10.2. The SMILES string of the molecule is Nc1ncnc2c1C(=O)N(c1ccc3c(ccn3-c3ccccc3)c1)CCO2. The maximum absolute atomic E-state index is 13.1. The van der Waals surface area contributed by atoms with Crippen molar-refractivity contribution < 1.29 is 9.53 Å². The molecular formula is C21H17N5O2. The van der Waals surface area contributed by atoms with Crippen molar-refractivity contribution in [1.82, 2.24) is 14.5 Å². The molecule has 2 aromatic carbocycles. The average molecular weight is 371 g/mol. The van der Waals surface area contributed by atoms with Crippen LogP contribution in [-0.4, -0.2) is 33.6 Å². The second-order valence-electron chi connectivity index (χ2n) is 6.51. The van der Waals surface area contributed by atoms with E-state index in [2.05, 4.69) is 26.7 Å². The van der Waals surface area contributed by atoms with E-state index in [1.54, 1.807) is 4.90 Å². The van der Waals surface area contributed by atoms with Crippen LogP contribution in [0.5, 0.6) is 5.88 Å². The molecule has 7 nitrogen and oxygen atoms in total. The quantitative estimate of drug-likeness (QED) is 0.585. The lowest BCUT2D eigenvalue weighted by molar-refractivity contribution is 0.0990. The van der Waals surface area contributed by atoms with Crippen molar-refractivity contribution in [3.05, 3.63) is 72.7 Å². The summed E-state index contributed by atoms with van der Waals surface area (Å²) in [4.78, 5) is 22.7. The van der Waals surface area contributed by atoms with Crippen molar-refractivity contribution in [1.29, 1.82) is 0 Å². The van der Waals surface area contributed by atoms with Crippen molar-refractivity contribution in [2.24, 2.45) is 0 Å². The number of aromatic nitrogens is 3. The maximum atomic E-state index is 13.1. The van der Waals surface area contributed by atoms with Gasteiger partial charge >= 0.3 is 0 Å². The van der Waals surface area contributed by atoms with E-state index in [1.807, 2.05) is 48.7 Å². The fourth-order valence-corrected chi connectivity index (χ4v) is 3.52. The highest BCUT2D eigenvalue weighted by atomic mass is 16.5. The zero-order chi connectivity index (χ0) is 19.1. The summed E-state index contributed by atoms with van der Waals surface area (Å²) >= 11 is 0. The van der Waals surface area contributed by atoms with Crippen LogP contribution in [0.4, 0.5) is 11.5 Å². The molecule has 0 spiro atoms. The molecule has 0 unspecified atom stereocenters. The number of nitrogens with zero attached hydrogens (tertiary/aromatic N) is 4. The van der Waals surface area contributed by atoms with Gasteiger partial charge in [-0.1, -0.05) is 18.2 Å². The number of fused-ring (bicyclic) bond motifs is 2. The van der Waals surface area contributed by atoms with Gasteiger partial charge in [0.05, 0.1) is 12.1 Å². The number of para-hydroxylation sites is 1. The molecule has 0 atom stereocenters. The normalized spacial score (nSPS) is 13.9. The number of ether oxygens (including phenoxy) is 1. The molecule has 28 heavy (non-hydrogen) atoms. The summed E-state index contributed by atoms with van der Waals surface area (Å²) in [5.74, 6) is 0.0990. The molecule has 138 valence electrons. The summed E-state index contributed by atoms with van der Waals surface area (Å²) in [5.41, 5.74) is 9.06. The molecule has 0 fully saturated rings. The molecule has 2 aromatic heterocycles. The minimum Gasteiger partial charge on any atom is -0.475 e. The van der Waals surface area contributed by atoms with Gasteiger partial charge in [0.25, 0.3) is 5.91 Å². The molecule has 2 N–H and O–H groups in total. The summed E-state index contributed by atoms with van der Waals surface area (Å²) in [5, 5.41) is 1.04.